The Morgan fingerprint density at radius 2 is 1.70 bits per heavy atom. The molecule has 11 heteroatoms. The molecule has 2 rings (SSSR count). The van der Waals surface area contributed by atoms with E-state index < -0.39 is 34.0 Å². The van der Waals surface area contributed by atoms with E-state index in [1.807, 2.05) is 0 Å². The van der Waals surface area contributed by atoms with Gasteiger partial charge in [0.15, 0.2) is 0 Å². The lowest BCUT2D eigenvalue weighted by molar-refractivity contribution is -0.145. The molecule has 1 saturated heterocycles. The Kier molecular flexibility index (Phi) is 7.79. The van der Waals surface area contributed by atoms with Crippen LogP contribution in [0.4, 0.5) is 4.79 Å². The van der Waals surface area contributed by atoms with Crippen LogP contribution in [0.3, 0.4) is 0 Å². The van der Waals surface area contributed by atoms with Crippen LogP contribution in [0.15, 0.2) is 35.2 Å². The molecule has 0 spiro atoms. The molecule has 1 aliphatic rings. The van der Waals surface area contributed by atoms with E-state index in [0.717, 1.165) is 4.31 Å². The SMILES string of the molecule is COC(=O)C(C)NC(=O)C1CN(C(=O)NC(C)C)CCN1S(=O)(=O)c1ccccc1. The molecule has 0 aliphatic carbocycles. The lowest BCUT2D eigenvalue weighted by Crippen LogP contribution is -2.63. The predicted molar refractivity (Wildman–Crippen MR) is 109 cm³/mol. The Bertz CT molecular complexity index is 874. The molecule has 10 nitrogen and oxygen atoms in total. The van der Waals surface area contributed by atoms with Gasteiger partial charge in [0.05, 0.1) is 12.0 Å². The van der Waals surface area contributed by atoms with E-state index in [2.05, 4.69) is 15.4 Å². The maximum absolute atomic E-state index is 13.2. The van der Waals surface area contributed by atoms with Gasteiger partial charge < -0.3 is 20.3 Å². The van der Waals surface area contributed by atoms with Crippen molar-refractivity contribution in [2.24, 2.45) is 0 Å². The van der Waals surface area contributed by atoms with Gasteiger partial charge in [-0.1, -0.05) is 18.2 Å². The van der Waals surface area contributed by atoms with Crippen LogP contribution in [0.5, 0.6) is 0 Å². The van der Waals surface area contributed by atoms with Crippen molar-refractivity contribution in [3.8, 4) is 0 Å². The van der Waals surface area contributed by atoms with E-state index in [1.165, 1.54) is 31.1 Å². The molecule has 1 aromatic carbocycles. The molecule has 2 N–H and O–H groups in total. The van der Waals surface area contributed by atoms with Crippen molar-refractivity contribution < 1.29 is 27.5 Å². The number of sulfonamides is 1. The van der Waals surface area contributed by atoms with E-state index in [0.29, 0.717) is 0 Å². The average Bonchev–Trinajstić information content (AvgIpc) is 2.72. The van der Waals surface area contributed by atoms with Crippen LogP contribution in [0, 0.1) is 0 Å². The van der Waals surface area contributed by atoms with Gasteiger partial charge in [-0.2, -0.15) is 4.31 Å². The van der Waals surface area contributed by atoms with Crippen molar-refractivity contribution in [2.75, 3.05) is 26.7 Å². The van der Waals surface area contributed by atoms with Crippen LogP contribution in [0.1, 0.15) is 20.8 Å². The number of amides is 3. The number of carbonyl (C=O) groups excluding carboxylic acids is 3. The fraction of sp³-hybridized carbons (Fsp3) is 0.526. The second-order valence-electron chi connectivity index (χ2n) is 7.25. The molecule has 1 aliphatic heterocycles. The highest BCUT2D eigenvalue weighted by atomic mass is 32.2. The van der Waals surface area contributed by atoms with E-state index in [4.69, 9.17) is 0 Å². The number of ether oxygens (including phenoxy) is 1. The first-order chi connectivity index (χ1) is 14.1. The van der Waals surface area contributed by atoms with Crippen LogP contribution in [-0.2, 0) is 24.3 Å². The summed E-state index contributed by atoms with van der Waals surface area (Å²) in [6.45, 7) is 4.96. The first-order valence-electron chi connectivity index (χ1n) is 9.58. The van der Waals surface area contributed by atoms with Crippen molar-refractivity contribution in [3.63, 3.8) is 0 Å². The first-order valence-corrected chi connectivity index (χ1v) is 11.0. The summed E-state index contributed by atoms with van der Waals surface area (Å²) in [5.41, 5.74) is 0. The summed E-state index contributed by atoms with van der Waals surface area (Å²) in [5.74, 6) is -1.35. The number of methoxy groups -OCH3 is 1. The molecule has 3 amide bonds. The first kappa shape index (κ1) is 23.6. The number of esters is 1. The molecule has 0 radical (unpaired) electrons. The van der Waals surface area contributed by atoms with Gasteiger partial charge in [0, 0.05) is 25.7 Å². The number of benzene rings is 1. The Balaban J connectivity index is 2.32. The number of rotatable bonds is 6. The topological polar surface area (TPSA) is 125 Å². The highest BCUT2D eigenvalue weighted by Gasteiger charge is 2.42. The van der Waals surface area contributed by atoms with E-state index in [9.17, 15) is 22.8 Å². The summed E-state index contributed by atoms with van der Waals surface area (Å²) in [6.07, 6.45) is 0. The zero-order valence-corrected chi connectivity index (χ0v) is 18.3. The second kappa shape index (κ2) is 9.90. The molecular weight excluding hydrogens is 412 g/mol. The van der Waals surface area contributed by atoms with Gasteiger partial charge in [0.1, 0.15) is 12.1 Å². The fourth-order valence-corrected chi connectivity index (χ4v) is 4.65. The smallest absolute Gasteiger partial charge is 0.328 e. The minimum Gasteiger partial charge on any atom is -0.467 e. The normalized spacial score (nSPS) is 18.6. The minimum absolute atomic E-state index is 0.0453. The third-order valence-electron chi connectivity index (χ3n) is 4.60. The van der Waals surface area contributed by atoms with Crippen LogP contribution >= 0.6 is 0 Å². The van der Waals surface area contributed by atoms with Gasteiger partial charge in [-0.3, -0.25) is 4.79 Å². The molecule has 0 bridgehead atoms. The third-order valence-corrected chi connectivity index (χ3v) is 6.52. The molecule has 1 aromatic rings. The fourth-order valence-electron chi connectivity index (χ4n) is 3.06. The van der Waals surface area contributed by atoms with Gasteiger partial charge in [-0.15, -0.1) is 0 Å². The molecule has 0 aromatic heterocycles. The molecule has 0 saturated carbocycles. The zero-order chi connectivity index (χ0) is 22.5. The monoisotopic (exact) mass is 440 g/mol. The molecule has 166 valence electrons. The van der Waals surface area contributed by atoms with Crippen molar-refractivity contribution in [1.82, 2.24) is 19.8 Å². The van der Waals surface area contributed by atoms with Gasteiger partial charge in [0.25, 0.3) is 0 Å². The van der Waals surface area contributed by atoms with Gasteiger partial charge in [-0.25, -0.2) is 18.0 Å². The van der Waals surface area contributed by atoms with Crippen molar-refractivity contribution in [2.45, 2.75) is 43.8 Å². The summed E-state index contributed by atoms with van der Waals surface area (Å²) in [7, 11) is -2.80. The quantitative estimate of drug-likeness (QED) is 0.607. The lowest BCUT2D eigenvalue weighted by Gasteiger charge is -2.40. The molecule has 1 heterocycles. The Hall–Kier alpha value is -2.66. The van der Waals surface area contributed by atoms with Crippen LogP contribution in [0.2, 0.25) is 0 Å². The molecule has 1 fully saturated rings. The Labute approximate surface area is 176 Å². The molecule has 2 unspecified atom stereocenters. The number of urea groups is 1. The molecular formula is C19H28N4O6S. The lowest BCUT2D eigenvalue weighted by atomic mass is 10.2. The number of nitrogens with one attached hydrogen (secondary N) is 2. The Morgan fingerprint density at radius 3 is 2.27 bits per heavy atom. The highest BCUT2D eigenvalue weighted by Crippen LogP contribution is 2.22. The Morgan fingerprint density at radius 1 is 1.07 bits per heavy atom. The standard InChI is InChI=1S/C19H28N4O6S/c1-13(2)20-19(26)22-10-11-23(30(27,28)15-8-6-5-7-9-15)16(12-22)17(24)21-14(3)18(25)29-4/h5-9,13-14,16H,10-12H2,1-4H3,(H,20,26)(H,21,24). The van der Waals surface area contributed by atoms with Crippen molar-refractivity contribution >= 4 is 27.9 Å². The largest absolute Gasteiger partial charge is 0.467 e. The van der Waals surface area contributed by atoms with Crippen molar-refractivity contribution in [1.29, 1.82) is 0 Å². The average molecular weight is 441 g/mol. The number of piperazine rings is 1. The summed E-state index contributed by atoms with van der Waals surface area (Å²) < 4.78 is 32.0. The van der Waals surface area contributed by atoms with Crippen LogP contribution < -0.4 is 10.6 Å². The summed E-state index contributed by atoms with van der Waals surface area (Å²) >= 11 is 0. The summed E-state index contributed by atoms with van der Waals surface area (Å²) in [5, 5.41) is 5.21. The molecule has 30 heavy (non-hydrogen) atoms. The minimum atomic E-state index is -3.99. The van der Waals surface area contributed by atoms with E-state index >= 15 is 0 Å². The van der Waals surface area contributed by atoms with Crippen molar-refractivity contribution in [3.05, 3.63) is 30.3 Å². The maximum Gasteiger partial charge on any atom is 0.328 e. The number of carbonyl (C=O) groups is 3. The maximum atomic E-state index is 13.2. The van der Waals surface area contributed by atoms with Gasteiger partial charge in [-0.05, 0) is 32.9 Å². The third kappa shape index (κ3) is 5.48. The van der Waals surface area contributed by atoms with Gasteiger partial charge >= 0.3 is 12.0 Å². The second-order valence-corrected chi connectivity index (χ2v) is 9.14. The zero-order valence-electron chi connectivity index (χ0n) is 17.5. The van der Waals surface area contributed by atoms with Gasteiger partial charge in [0.2, 0.25) is 15.9 Å². The number of hydrogen-bond acceptors (Lipinski definition) is 6. The summed E-state index contributed by atoms with van der Waals surface area (Å²) in [4.78, 5) is 38.5. The predicted octanol–water partition coefficient (Wildman–Crippen LogP) is 0.157. The number of hydrogen-bond donors (Lipinski definition) is 2. The van der Waals surface area contributed by atoms with E-state index in [1.54, 1.807) is 32.0 Å². The van der Waals surface area contributed by atoms with E-state index in [-0.39, 0.29) is 36.6 Å². The highest BCUT2D eigenvalue weighted by molar-refractivity contribution is 7.89. The molecule has 2 atom stereocenters. The van der Waals surface area contributed by atoms with Crippen LogP contribution in [0.25, 0.3) is 0 Å². The number of nitrogens with zero attached hydrogens (tertiary/aromatic N) is 2. The summed E-state index contributed by atoms with van der Waals surface area (Å²) in [6, 6.07) is 5.09. The van der Waals surface area contributed by atoms with Crippen LogP contribution in [-0.4, -0.2) is 80.4 Å².